The van der Waals surface area contributed by atoms with Gasteiger partial charge in [0.1, 0.15) is 5.69 Å². The lowest BCUT2D eigenvalue weighted by Crippen LogP contribution is -2.13. The lowest BCUT2D eigenvalue weighted by molar-refractivity contribution is 0.191. The Balaban J connectivity index is 1.59. The van der Waals surface area contributed by atoms with Gasteiger partial charge in [0.05, 0.1) is 28.4 Å². The Hall–Kier alpha value is -3.06. The van der Waals surface area contributed by atoms with E-state index in [9.17, 15) is 4.21 Å². The summed E-state index contributed by atoms with van der Waals surface area (Å²) in [6.45, 7) is 3.78. The standard InChI is InChI=1S/C21H20N4O2S/c1-3-28(26)17-11-9-15(10-12-17)18-13-22-14(2)19(23-18)21-25-24-20(27-21)16-7-5-4-6-8-16/h4-13,20,24H,3H2,1-2H3. The third-order valence-corrected chi connectivity index (χ3v) is 5.77. The zero-order valence-corrected chi connectivity index (χ0v) is 16.4. The first-order chi connectivity index (χ1) is 13.7. The molecule has 6 nitrogen and oxygen atoms in total. The highest BCUT2D eigenvalue weighted by atomic mass is 32.2. The van der Waals surface area contributed by atoms with Gasteiger partial charge in [0.15, 0.2) is 0 Å². The summed E-state index contributed by atoms with van der Waals surface area (Å²) in [6, 6.07) is 17.4. The highest BCUT2D eigenvalue weighted by Crippen LogP contribution is 2.24. The molecule has 0 spiro atoms. The van der Waals surface area contributed by atoms with E-state index in [1.54, 1.807) is 6.20 Å². The summed E-state index contributed by atoms with van der Waals surface area (Å²) < 4.78 is 17.9. The number of benzene rings is 2. The molecule has 0 saturated carbocycles. The van der Waals surface area contributed by atoms with E-state index < -0.39 is 10.8 Å². The number of aryl methyl sites for hydroxylation is 1. The number of rotatable bonds is 5. The third kappa shape index (κ3) is 3.66. The van der Waals surface area contributed by atoms with Gasteiger partial charge in [-0.3, -0.25) is 14.6 Å². The molecular formula is C21H20N4O2S. The van der Waals surface area contributed by atoms with Crippen LogP contribution in [0.5, 0.6) is 0 Å². The van der Waals surface area contributed by atoms with Crippen molar-refractivity contribution in [2.24, 2.45) is 5.10 Å². The van der Waals surface area contributed by atoms with E-state index in [1.807, 2.05) is 68.4 Å². The van der Waals surface area contributed by atoms with Gasteiger partial charge in [0.25, 0.3) is 5.90 Å². The van der Waals surface area contributed by atoms with Gasteiger partial charge in [-0.25, -0.2) is 4.98 Å². The van der Waals surface area contributed by atoms with Crippen molar-refractivity contribution in [1.29, 1.82) is 0 Å². The van der Waals surface area contributed by atoms with E-state index in [0.717, 1.165) is 21.7 Å². The quantitative estimate of drug-likeness (QED) is 0.718. The van der Waals surface area contributed by atoms with E-state index in [2.05, 4.69) is 15.5 Å². The number of hydrogen-bond donors (Lipinski definition) is 1. The van der Waals surface area contributed by atoms with Crippen LogP contribution in [0.4, 0.5) is 0 Å². The highest BCUT2D eigenvalue weighted by molar-refractivity contribution is 7.85. The number of hydrogen-bond acceptors (Lipinski definition) is 6. The molecular weight excluding hydrogens is 372 g/mol. The maximum Gasteiger partial charge on any atom is 0.261 e. The average Bonchev–Trinajstić information content (AvgIpc) is 3.24. The summed E-state index contributed by atoms with van der Waals surface area (Å²) >= 11 is 0. The Labute approximate surface area is 166 Å². The molecule has 1 aliphatic rings. The summed E-state index contributed by atoms with van der Waals surface area (Å²) in [5.41, 5.74) is 6.94. The molecule has 142 valence electrons. The van der Waals surface area contributed by atoms with Gasteiger partial charge < -0.3 is 4.74 Å². The first kappa shape index (κ1) is 18.3. The van der Waals surface area contributed by atoms with Crippen molar-refractivity contribution >= 4 is 16.7 Å². The molecule has 1 N–H and O–H groups in total. The zero-order chi connectivity index (χ0) is 19.5. The van der Waals surface area contributed by atoms with Crippen LogP contribution in [-0.2, 0) is 15.5 Å². The molecule has 2 unspecified atom stereocenters. The fourth-order valence-electron chi connectivity index (χ4n) is 2.90. The van der Waals surface area contributed by atoms with Gasteiger partial charge in [-0.1, -0.05) is 49.4 Å². The first-order valence-electron chi connectivity index (χ1n) is 9.03. The van der Waals surface area contributed by atoms with E-state index in [0.29, 0.717) is 23.0 Å². The molecule has 0 bridgehead atoms. The van der Waals surface area contributed by atoms with E-state index in [1.165, 1.54) is 0 Å². The van der Waals surface area contributed by atoms with Crippen molar-refractivity contribution in [2.75, 3.05) is 5.75 Å². The number of nitrogens with zero attached hydrogens (tertiary/aromatic N) is 3. The Morgan fingerprint density at radius 1 is 1.11 bits per heavy atom. The normalized spacial score (nSPS) is 16.8. The summed E-state index contributed by atoms with van der Waals surface area (Å²) in [4.78, 5) is 9.98. The Bertz CT molecular complexity index is 1040. The maximum atomic E-state index is 11.9. The molecule has 0 aliphatic carbocycles. The maximum absolute atomic E-state index is 11.9. The van der Waals surface area contributed by atoms with Crippen LogP contribution in [0, 0.1) is 6.92 Å². The number of nitrogens with one attached hydrogen (secondary N) is 1. The third-order valence-electron chi connectivity index (χ3n) is 4.45. The number of aromatic nitrogens is 2. The van der Waals surface area contributed by atoms with Crippen molar-refractivity contribution in [1.82, 2.24) is 15.4 Å². The first-order valence-corrected chi connectivity index (χ1v) is 10.3. The summed E-state index contributed by atoms with van der Waals surface area (Å²) in [5.74, 6) is 1.02. The molecule has 0 saturated heterocycles. The molecule has 4 rings (SSSR count). The predicted molar refractivity (Wildman–Crippen MR) is 109 cm³/mol. The molecule has 3 aromatic rings. The van der Waals surface area contributed by atoms with Crippen LogP contribution in [0.2, 0.25) is 0 Å². The molecule has 0 radical (unpaired) electrons. The number of ether oxygens (including phenoxy) is 1. The minimum Gasteiger partial charge on any atom is -0.445 e. The van der Waals surface area contributed by atoms with Crippen LogP contribution in [0.1, 0.15) is 30.1 Å². The number of hydrazone groups is 1. The van der Waals surface area contributed by atoms with Gasteiger partial charge in [0.2, 0.25) is 6.23 Å². The van der Waals surface area contributed by atoms with E-state index in [4.69, 9.17) is 9.72 Å². The largest absolute Gasteiger partial charge is 0.445 e. The highest BCUT2D eigenvalue weighted by Gasteiger charge is 2.25. The smallest absolute Gasteiger partial charge is 0.261 e. The van der Waals surface area contributed by atoms with Gasteiger partial charge in [0, 0.05) is 21.8 Å². The summed E-state index contributed by atoms with van der Waals surface area (Å²) in [7, 11) is -0.971. The molecule has 2 atom stereocenters. The SMILES string of the molecule is CCS(=O)c1ccc(-c2cnc(C)c(C3=NNC(c4ccccc4)O3)n2)cc1. The van der Waals surface area contributed by atoms with Crippen LogP contribution >= 0.6 is 0 Å². The lowest BCUT2D eigenvalue weighted by Gasteiger charge is -2.12. The summed E-state index contributed by atoms with van der Waals surface area (Å²) in [6.07, 6.45) is 1.38. The van der Waals surface area contributed by atoms with E-state index >= 15 is 0 Å². The molecule has 2 aromatic carbocycles. The zero-order valence-electron chi connectivity index (χ0n) is 15.6. The van der Waals surface area contributed by atoms with Crippen molar-refractivity contribution < 1.29 is 8.95 Å². The topological polar surface area (TPSA) is 76.5 Å². The van der Waals surface area contributed by atoms with Gasteiger partial charge in [-0.15, -0.1) is 5.10 Å². The molecule has 0 fully saturated rings. The lowest BCUT2D eigenvalue weighted by atomic mass is 10.1. The van der Waals surface area contributed by atoms with E-state index in [-0.39, 0.29) is 6.23 Å². The molecule has 28 heavy (non-hydrogen) atoms. The van der Waals surface area contributed by atoms with Crippen LogP contribution in [0.15, 0.2) is 70.8 Å². The fourth-order valence-corrected chi connectivity index (χ4v) is 3.67. The van der Waals surface area contributed by atoms with Crippen molar-refractivity contribution in [3.63, 3.8) is 0 Å². The minimum absolute atomic E-state index is 0.343. The predicted octanol–water partition coefficient (Wildman–Crippen LogP) is 3.56. The Kier molecular flexibility index (Phi) is 5.16. The molecule has 1 aromatic heterocycles. The van der Waals surface area contributed by atoms with Crippen molar-refractivity contribution in [3.05, 3.63) is 77.7 Å². The fraction of sp³-hybridized carbons (Fsp3) is 0.190. The van der Waals surface area contributed by atoms with Crippen LogP contribution < -0.4 is 5.43 Å². The molecule has 1 aliphatic heterocycles. The van der Waals surface area contributed by atoms with Crippen LogP contribution in [0.3, 0.4) is 0 Å². The average molecular weight is 392 g/mol. The minimum atomic E-state index is -0.971. The van der Waals surface area contributed by atoms with Crippen molar-refractivity contribution in [3.8, 4) is 11.3 Å². The van der Waals surface area contributed by atoms with Crippen molar-refractivity contribution in [2.45, 2.75) is 25.0 Å². The second-order valence-electron chi connectivity index (χ2n) is 6.30. The molecule has 0 amide bonds. The monoisotopic (exact) mass is 392 g/mol. The van der Waals surface area contributed by atoms with Gasteiger partial charge in [-0.2, -0.15) is 0 Å². The van der Waals surface area contributed by atoms with Gasteiger partial charge >= 0.3 is 0 Å². The Morgan fingerprint density at radius 3 is 2.57 bits per heavy atom. The second-order valence-corrected chi connectivity index (χ2v) is 8.04. The Morgan fingerprint density at radius 2 is 1.86 bits per heavy atom. The van der Waals surface area contributed by atoms with Gasteiger partial charge in [-0.05, 0) is 19.1 Å². The molecule has 2 heterocycles. The second kappa shape index (κ2) is 7.90. The van der Waals surface area contributed by atoms with Crippen LogP contribution in [-0.4, -0.2) is 25.8 Å². The van der Waals surface area contributed by atoms with Crippen LogP contribution in [0.25, 0.3) is 11.3 Å². The molecule has 7 heteroatoms. The summed E-state index contributed by atoms with van der Waals surface area (Å²) in [5, 5.41) is 4.31.